The fourth-order valence-electron chi connectivity index (χ4n) is 1.91. The van der Waals surface area contributed by atoms with Crippen molar-refractivity contribution in [2.75, 3.05) is 18.5 Å². The van der Waals surface area contributed by atoms with Crippen molar-refractivity contribution >= 4 is 17.5 Å². The second kappa shape index (κ2) is 9.30. The molecule has 0 fully saturated rings. The van der Waals surface area contributed by atoms with Gasteiger partial charge < -0.3 is 15.4 Å². The largest absolute Gasteiger partial charge is 0.377 e. The Morgan fingerprint density at radius 1 is 1.17 bits per heavy atom. The monoisotopic (exact) mass is 320 g/mol. The van der Waals surface area contributed by atoms with Crippen LogP contribution in [-0.4, -0.2) is 25.0 Å². The SMILES string of the molecule is CCOCc1ccccc1NC(=O)CCCNC(=O)C(C)(C)C. The van der Waals surface area contributed by atoms with Crippen LogP contribution in [0, 0.1) is 5.41 Å². The first-order valence-corrected chi connectivity index (χ1v) is 8.08. The molecule has 0 aliphatic heterocycles. The number of carbonyl (C=O) groups excluding carboxylic acids is 2. The van der Waals surface area contributed by atoms with Crippen molar-refractivity contribution < 1.29 is 14.3 Å². The number of para-hydroxylation sites is 1. The van der Waals surface area contributed by atoms with Crippen molar-refractivity contribution in [3.05, 3.63) is 29.8 Å². The van der Waals surface area contributed by atoms with E-state index in [4.69, 9.17) is 4.74 Å². The van der Waals surface area contributed by atoms with Crippen LogP contribution in [0.15, 0.2) is 24.3 Å². The molecule has 0 aliphatic carbocycles. The molecule has 2 amide bonds. The molecular formula is C18H28N2O3. The maximum Gasteiger partial charge on any atom is 0.225 e. The Morgan fingerprint density at radius 3 is 2.52 bits per heavy atom. The molecule has 1 aromatic carbocycles. The van der Waals surface area contributed by atoms with Crippen LogP contribution in [0.5, 0.6) is 0 Å². The lowest BCUT2D eigenvalue weighted by Crippen LogP contribution is -2.35. The molecule has 0 atom stereocenters. The van der Waals surface area contributed by atoms with Gasteiger partial charge in [0.05, 0.1) is 6.61 Å². The standard InChI is InChI=1S/C18H28N2O3/c1-5-23-13-14-9-6-7-10-15(14)20-16(21)11-8-12-19-17(22)18(2,3)4/h6-7,9-10H,5,8,11-13H2,1-4H3,(H,19,22)(H,20,21). The molecule has 5 nitrogen and oxygen atoms in total. The van der Waals surface area contributed by atoms with Crippen molar-refractivity contribution in [2.45, 2.75) is 47.1 Å². The van der Waals surface area contributed by atoms with Gasteiger partial charge in [0.2, 0.25) is 11.8 Å². The quantitative estimate of drug-likeness (QED) is 0.723. The molecule has 0 saturated carbocycles. The van der Waals surface area contributed by atoms with E-state index in [0.717, 1.165) is 11.3 Å². The smallest absolute Gasteiger partial charge is 0.225 e. The zero-order valence-corrected chi connectivity index (χ0v) is 14.6. The first-order chi connectivity index (χ1) is 10.8. The Hall–Kier alpha value is -1.88. The molecule has 0 bridgehead atoms. The van der Waals surface area contributed by atoms with Gasteiger partial charge in [0.1, 0.15) is 0 Å². The van der Waals surface area contributed by atoms with Crippen molar-refractivity contribution in [3.8, 4) is 0 Å². The number of ether oxygens (including phenoxy) is 1. The zero-order chi connectivity index (χ0) is 17.3. The minimum atomic E-state index is -0.402. The molecule has 0 radical (unpaired) electrons. The lowest BCUT2D eigenvalue weighted by molar-refractivity contribution is -0.128. The van der Waals surface area contributed by atoms with Gasteiger partial charge in [0.25, 0.3) is 0 Å². The van der Waals surface area contributed by atoms with Crippen LogP contribution in [0.1, 0.15) is 46.1 Å². The Balaban J connectivity index is 2.38. The first-order valence-electron chi connectivity index (χ1n) is 8.08. The lowest BCUT2D eigenvalue weighted by Gasteiger charge is -2.17. The van der Waals surface area contributed by atoms with Crippen molar-refractivity contribution in [1.29, 1.82) is 0 Å². The molecule has 0 heterocycles. The first kappa shape index (κ1) is 19.2. The number of anilines is 1. The topological polar surface area (TPSA) is 67.4 Å². The minimum absolute atomic E-state index is 0.0000295. The van der Waals surface area contributed by atoms with E-state index in [1.54, 1.807) is 0 Å². The lowest BCUT2D eigenvalue weighted by atomic mass is 9.96. The second-order valence-corrected chi connectivity index (χ2v) is 6.45. The van der Waals surface area contributed by atoms with Gasteiger partial charge in [-0.15, -0.1) is 0 Å². The van der Waals surface area contributed by atoms with E-state index in [-0.39, 0.29) is 11.8 Å². The molecule has 0 saturated heterocycles. The summed E-state index contributed by atoms with van der Waals surface area (Å²) in [6.45, 7) is 9.15. The number of rotatable bonds is 8. The van der Waals surface area contributed by atoms with E-state index in [0.29, 0.717) is 32.6 Å². The Morgan fingerprint density at radius 2 is 1.87 bits per heavy atom. The number of benzene rings is 1. The number of amides is 2. The summed E-state index contributed by atoms with van der Waals surface area (Å²) >= 11 is 0. The summed E-state index contributed by atoms with van der Waals surface area (Å²) in [5.41, 5.74) is 1.34. The van der Waals surface area contributed by atoms with Gasteiger partial charge >= 0.3 is 0 Å². The molecule has 0 unspecified atom stereocenters. The molecule has 128 valence electrons. The normalized spacial score (nSPS) is 11.1. The number of hydrogen-bond acceptors (Lipinski definition) is 3. The number of nitrogens with one attached hydrogen (secondary N) is 2. The number of hydrogen-bond donors (Lipinski definition) is 2. The van der Waals surface area contributed by atoms with Crippen LogP contribution < -0.4 is 10.6 Å². The fraction of sp³-hybridized carbons (Fsp3) is 0.556. The van der Waals surface area contributed by atoms with Crippen LogP contribution in [-0.2, 0) is 20.9 Å². The highest BCUT2D eigenvalue weighted by Gasteiger charge is 2.20. The van der Waals surface area contributed by atoms with Gasteiger partial charge in [-0.05, 0) is 19.4 Å². The van der Waals surface area contributed by atoms with Gasteiger partial charge in [-0.1, -0.05) is 39.0 Å². The van der Waals surface area contributed by atoms with Gasteiger partial charge in [0.15, 0.2) is 0 Å². The van der Waals surface area contributed by atoms with Crippen LogP contribution in [0.4, 0.5) is 5.69 Å². The zero-order valence-electron chi connectivity index (χ0n) is 14.6. The third-order valence-corrected chi connectivity index (χ3v) is 3.30. The highest BCUT2D eigenvalue weighted by molar-refractivity contribution is 5.91. The van der Waals surface area contributed by atoms with E-state index in [2.05, 4.69) is 10.6 Å². The van der Waals surface area contributed by atoms with E-state index < -0.39 is 5.41 Å². The van der Waals surface area contributed by atoms with Crippen LogP contribution in [0.25, 0.3) is 0 Å². The minimum Gasteiger partial charge on any atom is -0.377 e. The van der Waals surface area contributed by atoms with Gasteiger partial charge in [-0.25, -0.2) is 0 Å². The van der Waals surface area contributed by atoms with E-state index in [1.165, 1.54) is 0 Å². The molecule has 1 rings (SSSR count). The maximum absolute atomic E-state index is 12.0. The number of carbonyl (C=O) groups is 2. The summed E-state index contributed by atoms with van der Waals surface area (Å²) in [5, 5.41) is 5.75. The molecule has 0 aromatic heterocycles. The molecular weight excluding hydrogens is 292 g/mol. The Bertz CT molecular complexity index is 521. The highest BCUT2D eigenvalue weighted by Crippen LogP contribution is 2.16. The predicted molar refractivity (Wildman–Crippen MR) is 92.1 cm³/mol. The predicted octanol–water partition coefficient (Wildman–Crippen LogP) is 3.10. The molecule has 5 heteroatoms. The highest BCUT2D eigenvalue weighted by atomic mass is 16.5. The average Bonchev–Trinajstić information content (AvgIpc) is 2.49. The van der Waals surface area contributed by atoms with Crippen LogP contribution in [0.2, 0.25) is 0 Å². The van der Waals surface area contributed by atoms with Gasteiger partial charge in [-0.2, -0.15) is 0 Å². The summed E-state index contributed by atoms with van der Waals surface area (Å²) in [5.74, 6) is -0.0566. The third-order valence-electron chi connectivity index (χ3n) is 3.30. The molecule has 1 aromatic rings. The summed E-state index contributed by atoms with van der Waals surface area (Å²) < 4.78 is 5.40. The van der Waals surface area contributed by atoms with E-state index in [1.807, 2.05) is 52.0 Å². The molecule has 2 N–H and O–H groups in total. The van der Waals surface area contributed by atoms with Gasteiger partial charge in [-0.3, -0.25) is 9.59 Å². The van der Waals surface area contributed by atoms with Crippen LogP contribution in [0.3, 0.4) is 0 Å². The second-order valence-electron chi connectivity index (χ2n) is 6.45. The van der Waals surface area contributed by atoms with Crippen molar-refractivity contribution in [2.24, 2.45) is 5.41 Å². The maximum atomic E-state index is 12.0. The molecule has 23 heavy (non-hydrogen) atoms. The summed E-state index contributed by atoms with van der Waals surface area (Å²) in [6, 6.07) is 7.61. The third kappa shape index (κ3) is 7.28. The van der Waals surface area contributed by atoms with Gasteiger partial charge in [0, 0.05) is 36.2 Å². The molecule has 0 spiro atoms. The summed E-state index contributed by atoms with van der Waals surface area (Å²) in [7, 11) is 0. The van der Waals surface area contributed by atoms with E-state index >= 15 is 0 Å². The van der Waals surface area contributed by atoms with Crippen LogP contribution >= 0.6 is 0 Å². The van der Waals surface area contributed by atoms with Crippen molar-refractivity contribution in [1.82, 2.24) is 5.32 Å². The summed E-state index contributed by atoms with van der Waals surface area (Å²) in [4.78, 5) is 23.7. The Kier molecular flexibility index (Phi) is 7.75. The van der Waals surface area contributed by atoms with E-state index in [9.17, 15) is 9.59 Å². The molecule has 0 aliphatic rings. The average molecular weight is 320 g/mol. The fourth-order valence-corrected chi connectivity index (χ4v) is 1.91. The van der Waals surface area contributed by atoms with Crippen molar-refractivity contribution in [3.63, 3.8) is 0 Å². The Labute approximate surface area is 138 Å². The summed E-state index contributed by atoms with van der Waals surface area (Å²) in [6.07, 6.45) is 0.981.